The van der Waals surface area contributed by atoms with Gasteiger partial charge in [-0.1, -0.05) is 12.1 Å². The molecule has 2 aromatic heterocycles. The van der Waals surface area contributed by atoms with E-state index in [1.165, 1.54) is 4.90 Å². The number of carbonyl (C=O) groups is 3. The van der Waals surface area contributed by atoms with Crippen LogP contribution in [0.5, 0.6) is 0 Å². The molecule has 170 valence electrons. The highest BCUT2D eigenvalue weighted by atomic mass is 16.4. The summed E-state index contributed by atoms with van der Waals surface area (Å²) in [5, 5.41) is 11.8. The number of rotatable bonds is 4. The summed E-state index contributed by atoms with van der Waals surface area (Å²) >= 11 is 0. The zero-order valence-electron chi connectivity index (χ0n) is 18.5. The zero-order chi connectivity index (χ0) is 23.3. The Balaban J connectivity index is 1.50. The van der Waals surface area contributed by atoms with Crippen LogP contribution < -0.4 is 10.2 Å². The van der Waals surface area contributed by atoms with Gasteiger partial charge in [0, 0.05) is 26.3 Å². The van der Waals surface area contributed by atoms with E-state index in [2.05, 4.69) is 10.2 Å². The number of imide groups is 1. The maximum absolute atomic E-state index is 13.0. The predicted octanol–water partition coefficient (Wildman–Crippen LogP) is 3.17. The number of anilines is 1. The largest absolute Gasteiger partial charge is 0.465 e. The third-order valence-electron chi connectivity index (χ3n) is 6.55. The van der Waals surface area contributed by atoms with Gasteiger partial charge in [-0.3, -0.25) is 14.5 Å². The zero-order valence-corrected chi connectivity index (χ0v) is 18.5. The summed E-state index contributed by atoms with van der Waals surface area (Å²) in [6.07, 6.45) is 2.31. The van der Waals surface area contributed by atoms with Crippen LogP contribution in [0.1, 0.15) is 52.2 Å². The van der Waals surface area contributed by atoms with Crippen LogP contribution in [0, 0.1) is 0 Å². The molecule has 2 N–H and O–H groups in total. The summed E-state index contributed by atoms with van der Waals surface area (Å²) in [5.41, 5.74) is 4.05. The minimum atomic E-state index is -1.12. The number of nitrogens with one attached hydrogen (secondary N) is 1. The minimum absolute atomic E-state index is 0.250. The van der Waals surface area contributed by atoms with Gasteiger partial charge in [-0.25, -0.2) is 9.78 Å². The Morgan fingerprint density at radius 3 is 2.55 bits per heavy atom. The lowest BCUT2D eigenvalue weighted by Gasteiger charge is -2.39. The number of hydrogen-bond acceptors (Lipinski definition) is 5. The maximum atomic E-state index is 13.0. The first-order valence-corrected chi connectivity index (χ1v) is 11.0. The Labute approximate surface area is 190 Å². The maximum Gasteiger partial charge on any atom is 0.405 e. The third-order valence-corrected chi connectivity index (χ3v) is 6.55. The van der Waals surface area contributed by atoms with Crippen molar-refractivity contribution in [3.05, 3.63) is 59.4 Å². The second-order valence-electron chi connectivity index (χ2n) is 8.66. The van der Waals surface area contributed by atoms with E-state index in [-0.39, 0.29) is 17.9 Å². The molecule has 2 atom stereocenters. The molecule has 1 saturated heterocycles. The van der Waals surface area contributed by atoms with E-state index in [0.29, 0.717) is 23.4 Å². The Hall–Kier alpha value is -3.88. The number of nitrogens with zero attached hydrogens (tertiary/aromatic N) is 4. The van der Waals surface area contributed by atoms with Gasteiger partial charge in [-0.2, -0.15) is 0 Å². The molecule has 0 radical (unpaired) electrons. The Bertz CT molecular complexity index is 1250. The van der Waals surface area contributed by atoms with Crippen LogP contribution >= 0.6 is 0 Å². The van der Waals surface area contributed by atoms with Crippen LogP contribution in [0.15, 0.2) is 42.6 Å². The van der Waals surface area contributed by atoms with Crippen LogP contribution in [0.2, 0.25) is 0 Å². The molecule has 1 unspecified atom stereocenters. The van der Waals surface area contributed by atoms with E-state index in [0.717, 1.165) is 36.1 Å². The second-order valence-corrected chi connectivity index (χ2v) is 8.66. The number of aromatic nitrogens is 2. The fourth-order valence-electron chi connectivity index (χ4n) is 4.94. The molecule has 9 nitrogen and oxygen atoms in total. The Morgan fingerprint density at radius 2 is 1.88 bits per heavy atom. The third kappa shape index (κ3) is 3.49. The first kappa shape index (κ1) is 21.0. The first-order valence-electron chi connectivity index (χ1n) is 11.0. The molecule has 0 bridgehead atoms. The van der Waals surface area contributed by atoms with Gasteiger partial charge in [0.05, 0.1) is 45.6 Å². The summed E-state index contributed by atoms with van der Waals surface area (Å²) in [7, 11) is 1.93. The predicted molar refractivity (Wildman–Crippen MR) is 122 cm³/mol. The van der Waals surface area contributed by atoms with Crippen LogP contribution in [-0.2, 0) is 7.05 Å². The molecule has 0 spiro atoms. The highest BCUT2D eigenvalue weighted by molar-refractivity contribution is 6.21. The molecule has 3 amide bonds. The normalized spacial score (nSPS) is 19.2. The molecule has 5 rings (SSSR count). The average molecular weight is 447 g/mol. The second kappa shape index (κ2) is 7.91. The van der Waals surface area contributed by atoms with Crippen LogP contribution in [-0.4, -0.2) is 56.6 Å². The molecule has 3 aromatic rings. The summed E-state index contributed by atoms with van der Waals surface area (Å²) in [5.74, 6) is -0.501. The fourth-order valence-corrected chi connectivity index (χ4v) is 4.94. The SMILES string of the molecule is C[C@H](NC(=O)O)c1nc2ccn(C)c2cc1N1CCCC(N2C(=O)c3ccccc3C2=O)C1. The van der Waals surface area contributed by atoms with E-state index < -0.39 is 12.1 Å². The summed E-state index contributed by atoms with van der Waals surface area (Å²) in [6, 6.07) is 10.0. The lowest BCUT2D eigenvalue weighted by Crippen LogP contribution is -2.50. The quantitative estimate of drug-likeness (QED) is 0.595. The summed E-state index contributed by atoms with van der Waals surface area (Å²) in [6.45, 7) is 2.96. The molecule has 33 heavy (non-hydrogen) atoms. The number of amides is 3. The Morgan fingerprint density at radius 1 is 1.18 bits per heavy atom. The molecule has 2 aliphatic heterocycles. The topological polar surface area (TPSA) is 108 Å². The van der Waals surface area contributed by atoms with Crippen molar-refractivity contribution in [2.24, 2.45) is 7.05 Å². The monoisotopic (exact) mass is 447 g/mol. The van der Waals surface area contributed by atoms with Gasteiger partial charge in [0.25, 0.3) is 11.8 Å². The van der Waals surface area contributed by atoms with E-state index in [1.54, 1.807) is 31.2 Å². The van der Waals surface area contributed by atoms with Gasteiger partial charge in [0.1, 0.15) is 0 Å². The number of benzene rings is 1. The van der Waals surface area contributed by atoms with Gasteiger partial charge in [-0.15, -0.1) is 0 Å². The molecule has 0 aliphatic carbocycles. The molecular weight excluding hydrogens is 422 g/mol. The smallest absolute Gasteiger partial charge is 0.405 e. The lowest BCUT2D eigenvalue weighted by molar-refractivity contribution is 0.0569. The number of pyridine rings is 1. The Kier molecular flexibility index (Phi) is 5.03. The molecule has 1 fully saturated rings. The standard InChI is InChI=1S/C24H25N5O4/c1-14(25-24(32)33)21-20(12-19-18(26-21)9-11-27(19)2)28-10-5-6-15(13-28)29-22(30)16-7-3-4-8-17(16)23(29)31/h3-4,7-9,11-12,14-15,25H,5-6,10,13H2,1-2H3,(H,32,33)/t14-,15?/m0/s1. The molecule has 0 saturated carbocycles. The van der Waals surface area contributed by atoms with Crippen LogP contribution in [0.4, 0.5) is 10.5 Å². The van der Waals surface area contributed by atoms with E-state index in [4.69, 9.17) is 4.98 Å². The van der Waals surface area contributed by atoms with E-state index in [1.807, 2.05) is 29.9 Å². The van der Waals surface area contributed by atoms with Gasteiger partial charge in [-0.05, 0) is 44.0 Å². The highest BCUT2D eigenvalue weighted by Crippen LogP contribution is 2.34. The number of hydrogen-bond donors (Lipinski definition) is 2. The minimum Gasteiger partial charge on any atom is -0.465 e. The molecule has 1 aromatic carbocycles. The van der Waals surface area contributed by atoms with Crippen molar-refractivity contribution in [3.63, 3.8) is 0 Å². The molecule has 4 heterocycles. The number of fused-ring (bicyclic) bond motifs is 2. The van der Waals surface area contributed by atoms with E-state index in [9.17, 15) is 19.5 Å². The van der Waals surface area contributed by atoms with Gasteiger partial charge in [0.15, 0.2) is 0 Å². The van der Waals surface area contributed by atoms with Crippen molar-refractivity contribution < 1.29 is 19.5 Å². The first-order chi connectivity index (χ1) is 15.8. The summed E-state index contributed by atoms with van der Waals surface area (Å²) in [4.78, 5) is 45.6. The van der Waals surface area contributed by atoms with Crippen molar-refractivity contribution in [2.75, 3.05) is 18.0 Å². The fraction of sp³-hybridized carbons (Fsp3) is 0.333. The van der Waals surface area contributed by atoms with Crippen molar-refractivity contribution >= 4 is 34.6 Å². The van der Waals surface area contributed by atoms with Gasteiger partial charge in [0.2, 0.25) is 0 Å². The van der Waals surface area contributed by atoms with Gasteiger partial charge < -0.3 is 19.9 Å². The molecule has 2 aliphatic rings. The van der Waals surface area contributed by atoms with Crippen molar-refractivity contribution in [2.45, 2.75) is 31.8 Å². The van der Waals surface area contributed by atoms with Crippen molar-refractivity contribution in [3.8, 4) is 0 Å². The number of piperidine rings is 1. The van der Waals surface area contributed by atoms with Gasteiger partial charge >= 0.3 is 6.09 Å². The summed E-state index contributed by atoms with van der Waals surface area (Å²) < 4.78 is 1.97. The highest BCUT2D eigenvalue weighted by Gasteiger charge is 2.41. The number of aryl methyl sites for hydroxylation is 1. The lowest BCUT2D eigenvalue weighted by atomic mass is 10.0. The molecular formula is C24H25N5O4. The van der Waals surface area contributed by atoms with Crippen molar-refractivity contribution in [1.82, 2.24) is 19.8 Å². The van der Waals surface area contributed by atoms with Crippen LogP contribution in [0.25, 0.3) is 11.0 Å². The average Bonchev–Trinajstić information content (AvgIpc) is 3.29. The van der Waals surface area contributed by atoms with Crippen molar-refractivity contribution in [1.29, 1.82) is 0 Å². The van der Waals surface area contributed by atoms with E-state index >= 15 is 0 Å². The van der Waals surface area contributed by atoms with Crippen LogP contribution in [0.3, 0.4) is 0 Å². The molecule has 9 heteroatoms. The number of carbonyl (C=O) groups excluding carboxylic acids is 2. The number of carboxylic acid groups (broad SMARTS) is 1.